The minimum atomic E-state index is -1.02. The van der Waals surface area contributed by atoms with Crippen LogP contribution in [-0.4, -0.2) is 31.1 Å². The summed E-state index contributed by atoms with van der Waals surface area (Å²) in [4.78, 5) is 35.6. The fraction of sp³-hybridized carbons (Fsp3) is 0.0476. The number of amides is 2. The highest BCUT2D eigenvalue weighted by atomic mass is 19.1. The summed E-state index contributed by atoms with van der Waals surface area (Å²) >= 11 is 0. The van der Waals surface area contributed by atoms with Gasteiger partial charge in [-0.15, -0.1) is 0 Å². The van der Waals surface area contributed by atoms with E-state index in [9.17, 15) is 18.8 Å². The van der Waals surface area contributed by atoms with Crippen molar-refractivity contribution in [1.29, 1.82) is 0 Å². The number of esters is 1. The lowest BCUT2D eigenvalue weighted by Crippen LogP contribution is -2.32. The zero-order chi connectivity index (χ0) is 22.2. The number of benzene rings is 2. The standard InChI is InChI=1S/C21H16FN3O6/c1-29-18-11-13(4-9-16(18)31-21(28)17-3-2-10-30-17)12-23-25-20(27)19(26)24-15-7-5-14(22)6-8-15/h2-12H,1H3,(H,24,26)(H,25,27)/b23-12+. The van der Waals surface area contributed by atoms with E-state index >= 15 is 0 Å². The normalized spacial score (nSPS) is 10.5. The van der Waals surface area contributed by atoms with Crippen molar-refractivity contribution < 1.29 is 32.7 Å². The Hall–Kier alpha value is -4.47. The zero-order valence-electron chi connectivity index (χ0n) is 16.1. The lowest BCUT2D eigenvalue weighted by molar-refractivity contribution is -0.136. The molecule has 0 spiro atoms. The molecule has 0 saturated carbocycles. The average molecular weight is 425 g/mol. The van der Waals surface area contributed by atoms with E-state index in [1.807, 2.05) is 0 Å². The van der Waals surface area contributed by atoms with Crippen LogP contribution in [-0.2, 0) is 9.59 Å². The van der Waals surface area contributed by atoms with Crippen LogP contribution in [0.1, 0.15) is 16.1 Å². The van der Waals surface area contributed by atoms with Gasteiger partial charge in [0.1, 0.15) is 5.82 Å². The molecule has 0 bridgehead atoms. The number of nitrogens with one attached hydrogen (secondary N) is 2. The molecule has 0 aliphatic carbocycles. The number of hydrogen-bond acceptors (Lipinski definition) is 7. The van der Waals surface area contributed by atoms with E-state index in [0.29, 0.717) is 5.56 Å². The molecule has 0 radical (unpaired) electrons. The van der Waals surface area contributed by atoms with Crippen molar-refractivity contribution in [3.8, 4) is 11.5 Å². The van der Waals surface area contributed by atoms with Gasteiger partial charge in [-0.25, -0.2) is 14.6 Å². The molecule has 1 heterocycles. The first-order chi connectivity index (χ1) is 15.0. The van der Waals surface area contributed by atoms with E-state index in [-0.39, 0.29) is 22.9 Å². The van der Waals surface area contributed by atoms with Crippen LogP contribution in [0, 0.1) is 5.82 Å². The van der Waals surface area contributed by atoms with Gasteiger partial charge in [-0.2, -0.15) is 5.10 Å². The third-order valence-electron chi connectivity index (χ3n) is 3.80. The number of ether oxygens (including phenoxy) is 2. The van der Waals surface area contributed by atoms with E-state index in [2.05, 4.69) is 15.8 Å². The van der Waals surface area contributed by atoms with Gasteiger partial charge in [0, 0.05) is 5.69 Å². The van der Waals surface area contributed by atoms with Crippen molar-refractivity contribution in [3.05, 3.63) is 78.0 Å². The highest BCUT2D eigenvalue weighted by Crippen LogP contribution is 2.28. The number of hydrogen-bond donors (Lipinski definition) is 2. The third-order valence-corrected chi connectivity index (χ3v) is 3.80. The van der Waals surface area contributed by atoms with Gasteiger partial charge in [-0.3, -0.25) is 9.59 Å². The molecule has 1 aromatic heterocycles. The SMILES string of the molecule is COc1cc(/C=N/NC(=O)C(=O)Nc2ccc(F)cc2)ccc1OC(=O)c1ccco1. The maximum Gasteiger partial charge on any atom is 0.379 e. The van der Waals surface area contributed by atoms with E-state index in [4.69, 9.17) is 13.9 Å². The van der Waals surface area contributed by atoms with Crippen LogP contribution in [0.5, 0.6) is 11.5 Å². The van der Waals surface area contributed by atoms with Crippen LogP contribution in [0.3, 0.4) is 0 Å². The number of anilines is 1. The Kier molecular flexibility index (Phi) is 6.74. The summed E-state index contributed by atoms with van der Waals surface area (Å²) in [6, 6.07) is 12.5. The molecular formula is C21H16FN3O6. The molecule has 9 nitrogen and oxygen atoms in total. The van der Waals surface area contributed by atoms with Crippen LogP contribution >= 0.6 is 0 Å². The number of hydrazone groups is 1. The molecule has 3 rings (SSSR count). The van der Waals surface area contributed by atoms with Crippen molar-refractivity contribution in [3.63, 3.8) is 0 Å². The minimum absolute atomic E-state index is 0.0364. The maximum atomic E-state index is 12.9. The quantitative estimate of drug-likeness (QED) is 0.206. The molecule has 2 aromatic carbocycles. The molecular weight excluding hydrogens is 409 g/mol. The van der Waals surface area contributed by atoms with Gasteiger partial charge in [0.05, 0.1) is 19.6 Å². The van der Waals surface area contributed by atoms with Crippen molar-refractivity contribution in [2.24, 2.45) is 5.10 Å². The van der Waals surface area contributed by atoms with Crippen LogP contribution < -0.4 is 20.2 Å². The van der Waals surface area contributed by atoms with Crippen molar-refractivity contribution in [1.82, 2.24) is 5.43 Å². The Morgan fingerprint density at radius 2 is 1.81 bits per heavy atom. The molecule has 158 valence electrons. The van der Waals surface area contributed by atoms with Gasteiger partial charge in [0.25, 0.3) is 0 Å². The first-order valence-electron chi connectivity index (χ1n) is 8.80. The van der Waals surface area contributed by atoms with Gasteiger partial charge in [0.2, 0.25) is 5.76 Å². The Morgan fingerprint density at radius 1 is 1.03 bits per heavy atom. The second-order valence-corrected chi connectivity index (χ2v) is 5.94. The summed E-state index contributed by atoms with van der Waals surface area (Å²) in [5.74, 6) is -2.71. The first-order valence-corrected chi connectivity index (χ1v) is 8.80. The number of rotatable bonds is 6. The second-order valence-electron chi connectivity index (χ2n) is 5.94. The van der Waals surface area contributed by atoms with Gasteiger partial charge < -0.3 is 19.2 Å². The summed E-state index contributed by atoms with van der Waals surface area (Å²) in [5, 5.41) is 6.01. The Bertz CT molecular complexity index is 1110. The minimum Gasteiger partial charge on any atom is -0.493 e. The van der Waals surface area contributed by atoms with Gasteiger partial charge >= 0.3 is 17.8 Å². The summed E-state index contributed by atoms with van der Waals surface area (Å²) in [5.41, 5.74) is 2.82. The van der Waals surface area contributed by atoms with Crippen LogP contribution in [0.15, 0.2) is 70.4 Å². The first kappa shape index (κ1) is 21.2. The zero-order valence-corrected chi connectivity index (χ0v) is 16.1. The molecule has 0 aliphatic heterocycles. The molecule has 0 aliphatic rings. The fourth-order valence-electron chi connectivity index (χ4n) is 2.33. The number of carbonyl (C=O) groups is 3. The van der Waals surface area contributed by atoms with Crippen molar-refractivity contribution in [2.75, 3.05) is 12.4 Å². The summed E-state index contributed by atoms with van der Waals surface area (Å²) < 4.78 is 28.3. The van der Waals surface area contributed by atoms with E-state index in [1.54, 1.807) is 12.1 Å². The summed E-state index contributed by atoms with van der Waals surface area (Å²) in [6.07, 6.45) is 2.62. The molecule has 31 heavy (non-hydrogen) atoms. The number of halogens is 1. The maximum absolute atomic E-state index is 12.9. The van der Waals surface area contributed by atoms with Crippen LogP contribution in [0.25, 0.3) is 0 Å². The number of furan rings is 1. The van der Waals surface area contributed by atoms with Crippen LogP contribution in [0.4, 0.5) is 10.1 Å². The monoisotopic (exact) mass is 425 g/mol. The summed E-state index contributed by atoms with van der Waals surface area (Å²) in [6.45, 7) is 0. The molecule has 0 saturated heterocycles. The van der Waals surface area contributed by atoms with Crippen LogP contribution in [0.2, 0.25) is 0 Å². The third kappa shape index (κ3) is 5.76. The lowest BCUT2D eigenvalue weighted by atomic mass is 10.2. The topological polar surface area (TPSA) is 119 Å². The average Bonchev–Trinajstić information content (AvgIpc) is 3.31. The molecule has 10 heteroatoms. The Morgan fingerprint density at radius 3 is 2.48 bits per heavy atom. The smallest absolute Gasteiger partial charge is 0.379 e. The molecule has 3 aromatic rings. The number of methoxy groups -OCH3 is 1. The highest BCUT2D eigenvalue weighted by molar-refractivity contribution is 6.39. The van der Waals surface area contributed by atoms with Gasteiger partial charge in [-0.05, 0) is 60.2 Å². The molecule has 0 fully saturated rings. The predicted molar refractivity (Wildman–Crippen MR) is 107 cm³/mol. The van der Waals surface area contributed by atoms with Gasteiger partial charge in [-0.1, -0.05) is 0 Å². The fourth-order valence-corrected chi connectivity index (χ4v) is 2.33. The molecule has 2 N–H and O–H groups in total. The lowest BCUT2D eigenvalue weighted by Gasteiger charge is -2.09. The van der Waals surface area contributed by atoms with Gasteiger partial charge in [0.15, 0.2) is 11.5 Å². The number of carbonyl (C=O) groups excluding carboxylic acids is 3. The highest BCUT2D eigenvalue weighted by Gasteiger charge is 2.15. The second kappa shape index (κ2) is 9.83. The summed E-state index contributed by atoms with van der Waals surface area (Å²) in [7, 11) is 1.39. The van der Waals surface area contributed by atoms with E-state index in [1.165, 1.54) is 49.9 Å². The van der Waals surface area contributed by atoms with Crippen molar-refractivity contribution in [2.45, 2.75) is 0 Å². The van der Waals surface area contributed by atoms with E-state index < -0.39 is 23.6 Å². The van der Waals surface area contributed by atoms with Crippen molar-refractivity contribution >= 4 is 29.7 Å². The Balaban J connectivity index is 1.58. The number of nitrogens with zero attached hydrogens (tertiary/aromatic N) is 1. The molecule has 2 amide bonds. The Labute approximate surface area is 175 Å². The molecule has 0 atom stereocenters. The predicted octanol–water partition coefficient (Wildman–Crippen LogP) is 2.74. The molecule has 0 unspecified atom stereocenters. The largest absolute Gasteiger partial charge is 0.493 e. The van der Waals surface area contributed by atoms with E-state index in [0.717, 1.165) is 12.1 Å².